The summed E-state index contributed by atoms with van der Waals surface area (Å²) in [5.41, 5.74) is -0.277. The molecule has 0 saturated carbocycles. The van der Waals surface area contributed by atoms with Crippen molar-refractivity contribution in [3.8, 4) is 5.88 Å². The third-order valence-corrected chi connectivity index (χ3v) is 5.87. The number of aryl methyl sites for hydroxylation is 1. The first-order chi connectivity index (χ1) is 16.7. The molecule has 1 aromatic carbocycles. The number of nitrogens with zero attached hydrogens (tertiary/aromatic N) is 3. The minimum Gasteiger partial charge on any atom is -0.471 e. The number of piperidine rings is 1. The summed E-state index contributed by atoms with van der Waals surface area (Å²) in [5, 5.41) is 0.983. The van der Waals surface area contributed by atoms with Gasteiger partial charge in [-0.15, -0.1) is 0 Å². The van der Waals surface area contributed by atoms with Crippen molar-refractivity contribution >= 4 is 22.6 Å². The summed E-state index contributed by atoms with van der Waals surface area (Å²) < 4.78 is 50.6. The Kier molecular flexibility index (Phi) is 6.90. The zero-order valence-corrected chi connectivity index (χ0v) is 19.3. The van der Waals surface area contributed by atoms with Gasteiger partial charge in [-0.25, -0.2) is 9.78 Å². The number of hydrogen-bond acceptors (Lipinski definition) is 6. The lowest BCUT2D eigenvalue weighted by Crippen LogP contribution is -2.35. The van der Waals surface area contributed by atoms with Crippen LogP contribution in [0.3, 0.4) is 0 Å². The van der Waals surface area contributed by atoms with Crippen LogP contribution in [0, 0.1) is 6.92 Å². The van der Waals surface area contributed by atoms with Crippen LogP contribution in [0.5, 0.6) is 5.88 Å². The van der Waals surface area contributed by atoms with Crippen LogP contribution in [-0.2, 0) is 17.5 Å². The predicted molar refractivity (Wildman–Crippen MR) is 121 cm³/mol. The van der Waals surface area contributed by atoms with E-state index in [2.05, 4.69) is 9.97 Å². The molecule has 0 aliphatic carbocycles. The average molecular weight is 487 g/mol. The van der Waals surface area contributed by atoms with Crippen LogP contribution in [-0.4, -0.2) is 46.9 Å². The normalized spacial score (nSPS) is 14.1. The number of benzene rings is 1. The van der Waals surface area contributed by atoms with E-state index >= 15 is 0 Å². The molecule has 184 valence electrons. The summed E-state index contributed by atoms with van der Waals surface area (Å²) in [7, 11) is 1.25. The number of alkyl halides is 3. The van der Waals surface area contributed by atoms with E-state index in [-0.39, 0.29) is 28.6 Å². The minimum absolute atomic E-state index is 0.0338. The van der Waals surface area contributed by atoms with E-state index in [0.29, 0.717) is 29.4 Å². The van der Waals surface area contributed by atoms with Gasteiger partial charge in [0.2, 0.25) is 5.88 Å². The van der Waals surface area contributed by atoms with E-state index < -0.39 is 24.3 Å². The van der Waals surface area contributed by atoms with E-state index in [1.54, 1.807) is 11.0 Å². The van der Waals surface area contributed by atoms with Gasteiger partial charge < -0.3 is 14.4 Å². The highest BCUT2D eigenvalue weighted by Gasteiger charge is 2.34. The molecular formula is C25H24F3N3O4. The molecule has 3 aromatic rings. The molecule has 0 unspecified atom stereocenters. The molecule has 0 bridgehead atoms. The van der Waals surface area contributed by atoms with Gasteiger partial charge in [0.25, 0.3) is 5.91 Å². The first-order valence-corrected chi connectivity index (χ1v) is 11.1. The number of ether oxygens (including phenoxy) is 2. The second-order valence-electron chi connectivity index (χ2n) is 8.41. The zero-order chi connectivity index (χ0) is 25.2. The highest BCUT2D eigenvalue weighted by molar-refractivity contribution is 6.10. The van der Waals surface area contributed by atoms with Crippen molar-refractivity contribution in [1.82, 2.24) is 14.9 Å². The number of halogens is 3. The molecule has 0 N–H and O–H groups in total. The van der Waals surface area contributed by atoms with E-state index in [1.165, 1.54) is 38.6 Å². The van der Waals surface area contributed by atoms with Crippen molar-refractivity contribution in [3.05, 3.63) is 64.6 Å². The lowest BCUT2D eigenvalue weighted by atomic mass is 10.00. The first kappa shape index (κ1) is 24.4. The molecule has 1 aliphatic heterocycles. The van der Waals surface area contributed by atoms with Crippen LogP contribution < -0.4 is 4.74 Å². The number of likely N-dealkylation sites (tertiary alicyclic amines) is 1. The first-order valence-electron chi connectivity index (χ1n) is 11.1. The molecule has 1 saturated heterocycles. The van der Waals surface area contributed by atoms with Crippen LogP contribution in [0.2, 0.25) is 0 Å². The van der Waals surface area contributed by atoms with Gasteiger partial charge in [0.1, 0.15) is 6.61 Å². The van der Waals surface area contributed by atoms with Gasteiger partial charge in [-0.3, -0.25) is 9.78 Å². The number of hydrogen-bond donors (Lipinski definition) is 0. The van der Waals surface area contributed by atoms with Crippen LogP contribution in [0.4, 0.5) is 13.2 Å². The molecule has 7 nitrogen and oxygen atoms in total. The van der Waals surface area contributed by atoms with Gasteiger partial charge in [-0.05, 0) is 49.9 Å². The summed E-state index contributed by atoms with van der Waals surface area (Å²) in [4.78, 5) is 35.3. The SMILES string of the molecule is COC(=O)c1cc(C(=O)N2CCCCC2)c2cc(OCc3ncc(C)cc3C(F)(F)F)ncc2c1. The van der Waals surface area contributed by atoms with Gasteiger partial charge in [-0.1, -0.05) is 0 Å². The van der Waals surface area contributed by atoms with E-state index in [4.69, 9.17) is 9.47 Å². The van der Waals surface area contributed by atoms with Crippen LogP contribution >= 0.6 is 0 Å². The number of pyridine rings is 2. The molecule has 2 aromatic heterocycles. The predicted octanol–water partition coefficient (Wildman–Crippen LogP) is 4.95. The number of esters is 1. The number of aromatic nitrogens is 2. The van der Waals surface area contributed by atoms with Crippen molar-refractivity contribution in [2.45, 2.75) is 39.0 Å². The summed E-state index contributed by atoms with van der Waals surface area (Å²) in [6, 6.07) is 5.53. The van der Waals surface area contributed by atoms with Gasteiger partial charge in [0.05, 0.1) is 23.9 Å². The molecule has 10 heteroatoms. The third-order valence-electron chi connectivity index (χ3n) is 5.87. The standard InChI is InChI=1S/C25H24F3N3O4/c1-15-8-20(25(26,27)28)21(29-12-15)14-35-22-11-18-17(13-30-22)9-16(24(33)34-2)10-19(18)23(32)31-6-4-3-5-7-31/h8-13H,3-7,14H2,1-2H3. The van der Waals surface area contributed by atoms with E-state index in [0.717, 1.165) is 25.3 Å². The quantitative estimate of drug-likeness (QED) is 0.474. The number of fused-ring (bicyclic) bond motifs is 1. The Balaban J connectivity index is 1.70. The van der Waals surface area contributed by atoms with E-state index in [9.17, 15) is 22.8 Å². The monoisotopic (exact) mass is 487 g/mol. The van der Waals surface area contributed by atoms with Crippen molar-refractivity contribution in [2.75, 3.05) is 20.2 Å². The number of carbonyl (C=O) groups is 2. The highest BCUT2D eigenvalue weighted by atomic mass is 19.4. The van der Waals surface area contributed by atoms with Gasteiger partial charge >= 0.3 is 12.1 Å². The average Bonchev–Trinajstić information content (AvgIpc) is 2.86. The van der Waals surface area contributed by atoms with Crippen molar-refractivity contribution in [1.29, 1.82) is 0 Å². The lowest BCUT2D eigenvalue weighted by molar-refractivity contribution is -0.139. The van der Waals surface area contributed by atoms with Crippen LogP contribution in [0.15, 0.2) is 36.7 Å². The number of methoxy groups -OCH3 is 1. The lowest BCUT2D eigenvalue weighted by Gasteiger charge is -2.27. The molecule has 35 heavy (non-hydrogen) atoms. The van der Waals surface area contributed by atoms with Crippen LogP contribution in [0.25, 0.3) is 10.8 Å². The third kappa shape index (κ3) is 5.36. The summed E-state index contributed by atoms with van der Waals surface area (Å²) in [6.45, 7) is 2.29. The fourth-order valence-electron chi connectivity index (χ4n) is 4.10. The Morgan fingerprint density at radius 2 is 1.77 bits per heavy atom. The Morgan fingerprint density at radius 3 is 2.46 bits per heavy atom. The molecule has 3 heterocycles. The zero-order valence-electron chi connectivity index (χ0n) is 19.3. The van der Waals surface area contributed by atoms with Crippen LogP contribution in [0.1, 0.15) is 56.8 Å². The molecule has 1 amide bonds. The topological polar surface area (TPSA) is 81.6 Å². The molecular weight excluding hydrogens is 463 g/mol. The Bertz CT molecular complexity index is 1270. The minimum atomic E-state index is -4.58. The maximum Gasteiger partial charge on any atom is 0.418 e. The number of carbonyl (C=O) groups excluding carboxylic acids is 2. The second-order valence-corrected chi connectivity index (χ2v) is 8.41. The van der Waals surface area contributed by atoms with Gasteiger partial charge in [0, 0.05) is 47.9 Å². The molecule has 1 fully saturated rings. The molecule has 1 aliphatic rings. The van der Waals surface area contributed by atoms with Gasteiger partial charge in [-0.2, -0.15) is 13.2 Å². The molecule has 4 rings (SSSR count). The Labute approximate surface area is 199 Å². The highest BCUT2D eigenvalue weighted by Crippen LogP contribution is 2.33. The maximum absolute atomic E-state index is 13.4. The Morgan fingerprint density at radius 1 is 1.03 bits per heavy atom. The van der Waals surface area contributed by atoms with Crippen molar-refractivity contribution < 1.29 is 32.2 Å². The fraction of sp³-hybridized carbons (Fsp3) is 0.360. The fourth-order valence-corrected chi connectivity index (χ4v) is 4.10. The summed E-state index contributed by atoms with van der Waals surface area (Å²) >= 11 is 0. The molecule has 0 atom stereocenters. The largest absolute Gasteiger partial charge is 0.471 e. The summed E-state index contributed by atoms with van der Waals surface area (Å²) in [6.07, 6.45) is 1.000. The second kappa shape index (κ2) is 9.89. The van der Waals surface area contributed by atoms with E-state index in [1.807, 2.05) is 0 Å². The Hall–Kier alpha value is -3.69. The molecule has 0 radical (unpaired) electrons. The molecule has 0 spiro atoms. The smallest absolute Gasteiger partial charge is 0.418 e. The number of amides is 1. The van der Waals surface area contributed by atoms with Crippen molar-refractivity contribution in [2.24, 2.45) is 0 Å². The summed E-state index contributed by atoms with van der Waals surface area (Å²) in [5.74, 6) is -0.797. The van der Waals surface area contributed by atoms with Crippen molar-refractivity contribution in [3.63, 3.8) is 0 Å². The van der Waals surface area contributed by atoms with Gasteiger partial charge in [0.15, 0.2) is 0 Å². The maximum atomic E-state index is 13.4. The number of rotatable bonds is 5.